The van der Waals surface area contributed by atoms with Crippen LogP contribution in [0.15, 0.2) is 0 Å². The van der Waals surface area contributed by atoms with Crippen LogP contribution in [0.1, 0.15) is 46.5 Å². The SMILES string of the molecule is CCNCC(OCC1CCCC1)C(C)C. The Balaban J connectivity index is 2.17. The molecule has 2 heteroatoms. The molecule has 0 aromatic rings. The minimum Gasteiger partial charge on any atom is -0.376 e. The van der Waals surface area contributed by atoms with Crippen LogP contribution in [0.5, 0.6) is 0 Å². The summed E-state index contributed by atoms with van der Waals surface area (Å²) < 4.78 is 6.03. The van der Waals surface area contributed by atoms with E-state index in [1.165, 1.54) is 25.7 Å². The fourth-order valence-corrected chi connectivity index (χ4v) is 2.21. The van der Waals surface area contributed by atoms with E-state index in [9.17, 15) is 0 Å². The maximum atomic E-state index is 6.03. The van der Waals surface area contributed by atoms with E-state index >= 15 is 0 Å². The Morgan fingerprint density at radius 1 is 1.27 bits per heavy atom. The van der Waals surface area contributed by atoms with Gasteiger partial charge in [0.05, 0.1) is 6.10 Å². The molecule has 15 heavy (non-hydrogen) atoms. The zero-order valence-corrected chi connectivity index (χ0v) is 10.6. The number of likely N-dealkylation sites (N-methyl/N-ethyl adjacent to an activating group) is 1. The van der Waals surface area contributed by atoms with E-state index in [1.807, 2.05) is 0 Å². The molecule has 0 amide bonds. The second kappa shape index (κ2) is 7.24. The molecule has 1 N–H and O–H groups in total. The average Bonchev–Trinajstić information content (AvgIpc) is 2.70. The molecule has 1 unspecified atom stereocenters. The van der Waals surface area contributed by atoms with Crippen LogP contribution in [-0.2, 0) is 4.74 Å². The number of nitrogens with one attached hydrogen (secondary N) is 1. The summed E-state index contributed by atoms with van der Waals surface area (Å²) in [6.07, 6.45) is 5.98. The molecule has 1 fully saturated rings. The Hall–Kier alpha value is -0.0800. The van der Waals surface area contributed by atoms with Crippen molar-refractivity contribution in [2.24, 2.45) is 11.8 Å². The Bertz CT molecular complexity index is 153. The van der Waals surface area contributed by atoms with Gasteiger partial charge in [-0.25, -0.2) is 0 Å². The van der Waals surface area contributed by atoms with Crippen molar-refractivity contribution >= 4 is 0 Å². The number of rotatable bonds is 7. The van der Waals surface area contributed by atoms with Crippen LogP contribution in [0.3, 0.4) is 0 Å². The lowest BCUT2D eigenvalue weighted by Crippen LogP contribution is -2.34. The highest BCUT2D eigenvalue weighted by Gasteiger charge is 2.19. The summed E-state index contributed by atoms with van der Waals surface area (Å²) in [5.41, 5.74) is 0. The highest BCUT2D eigenvalue weighted by atomic mass is 16.5. The third-order valence-corrected chi connectivity index (χ3v) is 3.36. The van der Waals surface area contributed by atoms with Crippen molar-refractivity contribution in [2.75, 3.05) is 19.7 Å². The molecule has 0 aliphatic heterocycles. The quantitative estimate of drug-likeness (QED) is 0.702. The first-order valence-electron chi connectivity index (χ1n) is 6.56. The van der Waals surface area contributed by atoms with Gasteiger partial charge in [0.1, 0.15) is 0 Å². The summed E-state index contributed by atoms with van der Waals surface area (Å²) in [5.74, 6) is 1.46. The first kappa shape index (κ1) is 13.0. The normalized spacial score (nSPS) is 20.0. The zero-order valence-electron chi connectivity index (χ0n) is 10.6. The number of hydrogen-bond acceptors (Lipinski definition) is 2. The zero-order chi connectivity index (χ0) is 11.1. The third-order valence-electron chi connectivity index (χ3n) is 3.36. The van der Waals surface area contributed by atoms with Crippen LogP contribution in [0, 0.1) is 11.8 Å². The van der Waals surface area contributed by atoms with E-state index in [0.717, 1.165) is 25.6 Å². The van der Waals surface area contributed by atoms with E-state index in [1.54, 1.807) is 0 Å². The Kier molecular flexibility index (Phi) is 6.26. The van der Waals surface area contributed by atoms with E-state index in [4.69, 9.17) is 4.74 Å². The van der Waals surface area contributed by atoms with Gasteiger partial charge in [0, 0.05) is 13.2 Å². The molecule has 1 aliphatic carbocycles. The predicted molar refractivity (Wildman–Crippen MR) is 65.1 cm³/mol. The first-order valence-corrected chi connectivity index (χ1v) is 6.56. The first-order chi connectivity index (χ1) is 7.24. The van der Waals surface area contributed by atoms with Crippen molar-refractivity contribution in [3.8, 4) is 0 Å². The largest absolute Gasteiger partial charge is 0.376 e. The Morgan fingerprint density at radius 3 is 2.47 bits per heavy atom. The maximum absolute atomic E-state index is 6.03. The standard InChI is InChI=1S/C13H27NO/c1-4-14-9-13(11(2)3)15-10-12-7-5-6-8-12/h11-14H,4-10H2,1-3H3. The van der Waals surface area contributed by atoms with Crippen LogP contribution < -0.4 is 5.32 Å². The molecule has 90 valence electrons. The average molecular weight is 213 g/mol. The monoisotopic (exact) mass is 213 g/mol. The summed E-state index contributed by atoms with van der Waals surface area (Å²) >= 11 is 0. The fourth-order valence-electron chi connectivity index (χ4n) is 2.21. The van der Waals surface area contributed by atoms with Gasteiger partial charge in [-0.05, 0) is 31.2 Å². The van der Waals surface area contributed by atoms with Crippen LogP contribution in [0.2, 0.25) is 0 Å². The number of ether oxygens (including phenoxy) is 1. The maximum Gasteiger partial charge on any atom is 0.0722 e. The van der Waals surface area contributed by atoms with Gasteiger partial charge in [-0.2, -0.15) is 0 Å². The summed E-state index contributed by atoms with van der Waals surface area (Å²) in [4.78, 5) is 0. The molecule has 0 spiro atoms. The van der Waals surface area contributed by atoms with Crippen LogP contribution in [0.25, 0.3) is 0 Å². The molecule has 0 bridgehead atoms. The van der Waals surface area contributed by atoms with Crippen molar-refractivity contribution in [2.45, 2.75) is 52.6 Å². The summed E-state index contributed by atoms with van der Waals surface area (Å²) in [7, 11) is 0. The van der Waals surface area contributed by atoms with Gasteiger partial charge in [0.15, 0.2) is 0 Å². The minimum absolute atomic E-state index is 0.394. The van der Waals surface area contributed by atoms with Gasteiger partial charge in [-0.1, -0.05) is 33.6 Å². The predicted octanol–water partition coefficient (Wildman–Crippen LogP) is 2.83. The fraction of sp³-hybridized carbons (Fsp3) is 1.00. The molecule has 0 heterocycles. The van der Waals surface area contributed by atoms with Gasteiger partial charge >= 0.3 is 0 Å². The molecule has 1 aliphatic rings. The lowest BCUT2D eigenvalue weighted by molar-refractivity contribution is 0.00414. The smallest absolute Gasteiger partial charge is 0.0722 e. The molecule has 0 aromatic heterocycles. The van der Waals surface area contributed by atoms with E-state index in [2.05, 4.69) is 26.1 Å². The molecule has 2 nitrogen and oxygen atoms in total. The topological polar surface area (TPSA) is 21.3 Å². The molecular formula is C13H27NO. The second-order valence-electron chi connectivity index (χ2n) is 5.07. The van der Waals surface area contributed by atoms with Gasteiger partial charge < -0.3 is 10.1 Å². The summed E-state index contributed by atoms with van der Waals surface area (Å²) in [6.45, 7) is 9.66. The highest BCUT2D eigenvalue weighted by Crippen LogP contribution is 2.25. The van der Waals surface area contributed by atoms with Gasteiger partial charge in [0.2, 0.25) is 0 Å². The van der Waals surface area contributed by atoms with Crippen molar-refractivity contribution < 1.29 is 4.74 Å². The molecule has 0 saturated heterocycles. The molecule has 0 aromatic carbocycles. The highest BCUT2D eigenvalue weighted by molar-refractivity contribution is 4.70. The lowest BCUT2D eigenvalue weighted by Gasteiger charge is -2.23. The molecule has 1 saturated carbocycles. The minimum atomic E-state index is 0.394. The van der Waals surface area contributed by atoms with E-state index < -0.39 is 0 Å². The van der Waals surface area contributed by atoms with Gasteiger partial charge in [0.25, 0.3) is 0 Å². The van der Waals surface area contributed by atoms with Crippen molar-refractivity contribution in [3.05, 3.63) is 0 Å². The van der Waals surface area contributed by atoms with E-state index in [0.29, 0.717) is 12.0 Å². The summed E-state index contributed by atoms with van der Waals surface area (Å²) in [5, 5.41) is 3.38. The second-order valence-corrected chi connectivity index (χ2v) is 5.07. The van der Waals surface area contributed by atoms with Crippen LogP contribution >= 0.6 is 0 Å². The lowest BCUT2D eigenvalue weighted by atomic mass is 10.1. The van der Waals surface area contributed by atoms with Gasteiger partial charge in [-0.3, -0.25) is 0 Å². The third kappa shape index (κ3) is 4.98. The summed E-state index contributed by atoms with van der Waals surface area (Å²) in [6, 6.07) is 0. The molecule has 1 rings (SSSR count). The van der Waals surface area contributed by atoms with Crippen molar-refractivity contribution in [3.63, 3.8) is 0 Å². The van der Waals surface area contributed by atoms with Crippen LogP contribution in [-0.4, -0.2) is 25.8 Å². The molecule has 1 atom stereocenters. The van der Waals surface area contributed by atoms with Crippen molar-refractivity contribution in [1.82, 2.24) is 5.32 Å². The van der Waals surface area contributed by atoms with Gasteiger partial charge in [-0.15, -0.1) is 0 Å². The Labute approximate surface area is 94.8 Å². The van der Waals surface area contributed by atoms with Crippen LogP contribution in [0.4, 0.5) is 0 Å². The van der Waals surface area contributed by atoms with Crippen molar-refractivity contribution in [1.29, 1.82) is 0 Å². The molecule has 0 radical (unpaired) electrons. The number of hydrogen-bond donors (Lipinski definition) is 1. The Morgan fingerprint density at radius 2 is 1.93 bits per heavy atom. The van der Waals surface area contributed by atoms with E-state index in [-0.39, 0.29) is 0 Å². The molecular weight excluding hydrogens is 186 g/mol.